The van der Waals surface area contributed by atoms with Crippen LogP contribution < -0.4 is 8.92 Å². The first-order chi connectivity index (χ1) is 10.7. The molecular weight excluding hydrogens is 322 g/mol. The highest BCUT2D eigenvalue weighted by molar-refractivity contribution is 7.87. The van der Waals surface area contributed by atoms with E-state index in [-0.39, 0.29) is 11.5 Å². The number of hydrogen-bond acceptors (Lipinski definition) is 6. The SMILES string of the molecule is COc1ccc(S(=O)(=O)Oc2cc(C)ccc2C)c([N+](=O)[O-])c1. The second kappa shape index (κ2) is 6.25. The zero-order valence-corrected chi connectivity index (χ0v) is 13.6. The van der Waals surface area contributed by atoms with Gasteiger partial charge in [-0.1, -0.05) is 12.1 Å². The first-order valence-corrected chi connectivity index (χ1v) is 7.99. The van der Waals surface area contributed by atoms with Crippen molar-refractivity contribution in [3.05, 3.63) is 57.6 Å². The van der Waals surface area contributed by atoms with E-state index in [0.29, 0.717) is 5.56 Å². The molecule has 0 unspecified atom stereocenters. The molecule has 0 aliphatic carbocycles. The lowest BCUT2D eigenvalue weighted by atomic mass is 10.1. The fourth-order valence-electron chi connectivity index (χ4n) is 1.94. The second-order valence-corrected chi connectivity index (χ2v) is 6.41. The van der Waals surface area contributed by atoms with E-state index in [9.17, 15) is 18.5 Å². The van der Waals surface area contributed by atoms with Crippen LogP contribution in [0.3, 0.4) is 0 Å². The van der Waals surface area contributed by atoms with Crippen molar-refractivity contribution in [3.63, 3.8) is 0 Å². The summed E-state index contributed by atoms with van der Waals surface area (Å²) in [7, 11) is -3.02. The van der Waals surface area contributed by atoms with Gasteiger partial charge >= 0.3 is 10.1 Å². The van der Waals surface area contributed by atoms with Gasteiger partial charge in [-0.25, -0.2) is 0 Å². The molecule has 0 aromatic heterocycles. The minimum absolute atomic E-state index is 0.134. The molecule has 0 aliphatic heterocycles. The molecule has 0 amide bonds. The van der Waals surface area contributed by atoms with Crippen molar-refractivity contribution in [2.75, 3.05) is 7.11 Å². The number of methoxy groups -OCH3 is 1. The summed E-state index contributed by atoms with van der Waals surface area (Å²) in [6.45, 7) is 3.47. The molecule has 0 N–H and O–H groups in total. The number of ether oxygens (including phenoxy) is 1. The predicted octanol–water partition coefficient (Wildman–Crippen LogP) is 2.99. The molecule has 2 rings (SSSR count). The van der Waals surface area contributed by atoms with Crippen molar-refractivity contribution < 1.29 is 22.3 Å². The van der Waals surface area contributed by atoms with E-state index in [0.717, 1.165) is 17.7 Å². The van der Waals surface area contributed by atoms with Crippen molar-refractivity contribution in [1.82, 2.24) is 0 Å². The van der Waals surface area contributed by atoms with Crippen LogP contribution in [0.1, 0.15) is 11.1 Å². The van der Waals surface area contributed by atoms with Gasteiger partial charge in [0.15, 0.2) is 4.90 Å². The molecule has 2 aromatic rings. The summed E-state index contributed by atoms with van der Waals surface area (Å²) in [6, 6.07) is 8.54. The van der Waals surface area contributed by atoms with E-state index in [4.69, 9.17) is 8.92 Å². The molecular formula is C15H15NO6S. The average Bonchev–Trinajstić information content (AvgIpc) is 2.50. The van der Waals surface area contributed by atoms with Crippen LogP contribution in [0.4, 0.5) is 5.69 Å². The van der Waals surface area contributed by atoms with E-state index >= 15 is 0 Å². The largest absolute Gasteiger partial charge is 0.497 e. The molecule has 0 bridgehead atoms. The minimum atomic E-state index is -4.35. The van der Waals surface area contributed by atoms with Crippen molar-refractivity contribution in [2.24, 2.45) is 0 Å². The van der Waals surface area contributed by atoms with Gasteiger partial charge in [0.05, 0.1) is 18.1 Å². The number of nitro groups is 1. The third-order valence-electron chi connectivity index (χ3n) is 3.18. The minimum Gasteiger partial charge on any atom is -0.497 e. The highest BCUT2D eigenvalue weighted by atomic mass is 32.2. The van der Waals surface area contributed by atoms with Gasteiger partial charge in [-0.15, -0.1) is 0 Å². The van der Waals surface area contributed by atoms with Crippen molar-refractivity contribution in [3.8, 4) is 11.5 Å². The molecule has 2 aromatic carbocycles. The smallest absolute Gasteiger partial charge is 0.346 e. The first kappa shape index (κ1) is 16.8. The highest BCUT2D eigenvalue weighted by Gasteiger charge is 2.29. The van der Waals surface area contributed by atoms with Crippen molar-refractivity contribution in [2.45, 2.75) is 18.7 Å². The van der Waals surface area contributed by atoms with Gasteiger partial charge in [0.2, 0.25) is 0 Å². The lowest BCUT2D eigenvalue weighted by Gasteiger charge is -2.11. The summed E-state index contributed by atoms with van der Waals surface area (Å²) in [5, 5.41) is 11.1. The van der Waals surface area contributed by atoms with Crippen LogP contribution in [-0.4, -0.2) is 20.5 Å². The summed E-state index contributed by atoms with van der Waals surface area (Å²) in [4.78, 5) is 9.83. The van der Waals surface area contributed by atoms with E-state index < -0.39 is 25.6 Å². The fourth-order valence-corrected chi connectivity index (χ4v) is 3.07. The molecule has 0 radical (unpaired) electrons. The molecule has 8 heteroatoms. The van der Waals surface area contributed by atoms with Gasteiger partial charge in [-0.05, 0) is 43.2 Å². The molecule has 0 saturated heterocycles. The molecule has 0 heterocycles. The Morgan fingerprint density at radius 1 is 1.09 bits per heavy atom. The van der Waals surface area contributed by atoms with Gasteiger partial charge in [0.1, 0.15) is 11.5 Å². The van der Waals surface area contributed by atoms with Gasteiger partial charge in [0.25, 0.3) is 5.69 Å². The lowest BCUT2D eigenvalue weighted by Crippen LogP contribution is -2.13. The maximum atomic E-state index is 12.4. The van der Waals surface area contributed by atoms with Gasteiger partial charge < -0.3 is 8.92 Å². The van der Waals surface area contributed by atoms with Crippen LogP contribution in [0.25, 0.3) is 0 Å². The Hall–Kier alpha value is -2.61. The quantitative estimate of drug-likeness (QED) is 0.473. The second-order valence-electron chi connectivity index (χ2n) is 4.90. The Morgan fingerprint density at radius 3 is 2.39 bits per heavy atom. The Labute approximate surface area is 133 Å². The van der Waals surface area contributed by atoms with Crippen LogP contribution in [0.5, 0.6) is 11.5 Å². The summed E-state index contributed by atoms with van der Waals surface area (Å²) in [6.07, 6.45) is 0. The molecule has 122 valence electrons. The number of rotatable bonds is 5. The van der Waals surface area contributed by atoms with Crippen LogP contribution in [0.15, 0.2) is 41.3 Å². The maximum absolute atomic E-state index is 12.4. The van der Waals surface area contributed by atoms with Crippen molar-refractivity contribution in [1.29, 1.82) is 0 Å². The fraction of sp³-hybridized carbons (Fsp3) is 0.200. The van der Waals surface area contributed by atoms with Crippen LogP contribution in [-0.2, 0) is 10.1 Å². The molecule has 0 atom stereocenters. The predicted molar refractivity (Wildman–Crippen MR) is 83.4 cm³/mol. The monoisotopic (exact) mass is 337 g/mol. The number of hydrogen-bond donors (Lipinski definition) is 0. The normalized spacial score (nSPS) is 11.1. The Morgan fingerprint density at radius 2 is 1.78 bits per heavy atom. The third kappa shape index (κ3) is 3.59. The summed E-state index contributed by atoms with van der Waals surface area (Å²) >= 11 is 0. The first-order valence-electron chi connectivity index (χ1n) is 6.59. The number of nitrogens with zero attached hydrogens (tertiary/aromatic N) is 1. The Balaban J connectivity index is 2.51. The zero-order chi connectivity index (χ0) is 17.2. The molecule has 7 nitrogen and oxygen atoms in total. The summed E-state index contributed by atoms with van der Waals surface area (Å²) in [5.74, 6) is 0.317. The van der Waals surface area contributed by atoms with Gasteiger partial charge in [0, 0.05) is 0 Å². The number of nitro benzene ring substituents is 1. The molecule has 23 heavy (non-hydrogen) atoms. The Kier molecular flexibility index (Phi) is 4.55. The number of benzene rings is 2. The van der Waals surface area contributed by atoms with Crippen LogP contribution in [0, 0.1) is 24.0 Å². The topological polar surface area (TPSA) is 95.7 Å². The third-order valence-corrected chi connectivity index (χ3v) is 4.46. The highest BCUT2D eigenvalue weighted by Crippen LogP contribution is 2.31. The molecule has 0 spiro atoms. The van der Waals surface area contributed by atoms with E-state index in [1.54, 1.807) is 26.0 Å². The lowest BCUT2D eigenvalue weighted by molar-refractivity contribution is -0.388. The number of aryl methyl sites for hydroxylation is 2. The summed E-state index contributed by atoms with van der Waals surface area (Å²) in [5.41, 5.74) is 0.815. The van der Waals surface area contributed by atoms with E-state index in [1.165, 1.54) is 13.2 Å². The summed E-state index contributed by atoms with van der Waals surface area (Å²) < 4.78 is 34.8. The van der Waals surface area contributed by atoms with Gasteiger partial charge in [-0.2, -0.15) is 8.42 Å². The van der Waals surface area contributed by atoms with Crippen molar-refractivity contribution >= 4 is 15.8 Å². The zero-order valence-electron chi connectivity index (χ0n) is 12.8. The van der Waals surface area contributed by atoms with E-state index in [2.05, 4.69) is 0 Å². The van der Waals surface area contributed by atoms with E-state index in [1.807, 2.05) is 6.07 Å². The molecule has 0 aliphatic rings. The molecule has 0 saturated carbocycles. The standard InChI is InChI=1S/C15H15NO6S/c1-10-4-5-11(2)14(8-10)22-23(19,20)15-7-6-12(21-3)9-13(15)16(17)18/h4-9H,1-3H3. The van der Waals surface area contributed by atoms with Crippen LogP contribution >= 0.6 is 0 Å². The van der Waals surface area contributed by atoms with Crippen LogP contribution in [0.2, 0.25) is 0 Å². The average molecular weight is 337 g/mol. The maximum Gasteiger partial charge on any atom is 0.346 e. The van der Waals surface area contributed by atoms with Gasteiger partial charge in [-0.3, -0.25) is 10.1 Å². The molecule has 0 fully saturated rings. The Bertz CT molecular complexity index is 860.